The van der Waals surface area contributed by atoms with Gasteiger partial charge in [-0.05, 0) is 67.3 Å². The molecule has 1 N–H and O–H groups in total. The molecule has 40 heavy (non-hydrogen) atoms. The van der Waals surface area contributed by atoms with Gasteiger partial charge in [0.05, 0.1) is 10.6 Å². The van der Waals surface area contributed by atoms with Gasteiger partial charge < -0.3 is 10.2 Å². The Hall–Kier alpha value is -3.43. The smallest absolute Gasteiger partial charge is 0.264 e. The van der Waals surface area contributed by atoms with E-state index in [-0.39, 0.29) is 29.0 Å². The standard InChI is InChI=1S/C30H35ClFN3O4S/c1-5-28(30(37)33-18-21(2)3)34(19-23-8-6-7-9-27(23)31)29(36)20-35(25-14-10-22(4)11-15-25)40(38,39)26-16-12-24(32)13-17-26/h6-17,21,28H,5,18-20H2,1-4H3,(H,33,37)/t28-/m1/s1. The molecule has 0 aliphatic rings. The first-order valence-corrected chi connectivity index (χ1v) is 14.9. The SMILES string of the molecule is CC[C@H](C(=O)NCC(C)C)N(Cc1ccccc1Cl)C(=O)CN(c1ccc(C)cc1)S(=O)(=O)c1ccc(F)cc1. The van der Waals surface area contributed by atoms with Gasteiger partial charge in [0.1, 0.15) is 18.4 Å². The summed E-state index contributed by atoms with van der Waals surface area (Å²) < 4.78 is 42.1. The second-order valence-electron chi connectivity index (χ2n) is 9.98. The van der Waals surface area contributed by atoms with Gasteiger partial charge in [-0.2, -0.15) is 0 Å². The van der Waals surface area contributed by atoms with Crippen LogP contribution in [-0.4, -0.2) is 44.3 Å². The first-order chi connectivity index (χ1) is 18.9. The van der Waals surface area contributed by atoms with Crippen molar-refractivity contribution in [3.05, 3.63) is 94.8 Å². The summed E-state index contributed by atoms with van der Waals surface area (Å²) in [5.41, 5.74) is 1.79. The number of anilines is 1. The van der Waals surface area contributed by atoms with E-state index >= 15 is 0 Å². The Kier molecular flexibility index (Phi) is 10.7. The first-order valence-electron chi connectivity index (χ1n) is 13.1. The first kappa shape index (κ1) is 31.1. The highest BCUT2D eigenvalue weighted by Crippen LogP contribution is 2.26. The number of nitrogens with zero attached hydrogens (tertiary/aromatic N) is 2. The van der Waals surface area contributed by atoms with E-state index < -0.39 is 34.3 Å². The summed E-state index contributed by atoms with van der Waals surface area (Å²) >= 11 is 6.41. The van der Waals surface area contributed by atoms with E-state index in [2.05, 4.69) is 5.32 Å². The second-order valence-corrected chi connectivity index (χ2v) is 12.2. The number of halogens is 2. The van der Waals surface area contributed by atoms with Crippen LogP contribution < -0.4 is 9.62 Å². The summed E-state index contributed by atoms with van der Waals surface area (Å²) in [5.74, 6) is -1.30. The van der Waals surface area contributed by atoms with Gasteiger partial charge in [0.15, 0.2) is 0 Å². The van der Waals surface area contributed by atoms with E-state index in [1.807, 2.05) is 20.8 Å². The fourth-order valence-electron chi connectivity index (χ4n) is 4.13. The molecule has 0 heterocycles. The van der Waals surface area contributed by atoms with Crippen LogP contribution in [0.15, 0.2) is 77.7 Å². The molecule has 2 amide bonds. The summed E-state index contributed by atoms with van der Waals surface area (Å²) in [6, 6.07) is 17.2. The molecule has 0 saturated heterocycles. The van der Waals surface area contributed by atoms with E-state index in [1.165, 1.54) is 4.90 Å². The van der Waals surface area contributed by atoms with Crippen LogP contribution in [0, 0.1) is 18.7 Å². The van der Waals surface area contributed by atoms with Crippen molar-refractivity contribution in [2.24, 2.45) is 5.92 Å². The number of benzene rings is 3. The molecule has 10 heteroatoms. The zero-order valence-corrected chi connectivity index (χ0v) is 24.7. The number of nitrogens with one attached hydrogen (secondary N) is 1. The number of hydrogen-bond acceptors (Lipinski definition) is 4. The molecule has 3 aromatic carbocycles. The van der Waals surface area contributed by atoms with Gasteiger partial charge in [-0.15, -0.1) is 0 Å². The van der Waals surface area contributed by atoms with Crippen LogP contribution in [0.2, 0.25) is 5.02 Å². The molecule has 1 atom stereocenters. The van der Waals surface area contributed by atoms with Crippen molar-refractivity contribution in [2.45, 2.75) is 51.6 Å². The van der Waals surface area contributed by atoms with Gasteiger partial charge in [-0.1, -0.05) is 68.3 Å². The summed E-state index contributed by atoms with van der Waals surface area (Å²) in [4.78, 5) is 28.5. The largest absolute Gasteiger partial charge is 0.354 e. The van der Waals surface area contributed by atoms with E-state index in [0.29, 0.717) is 23.6 Å². The van der Waals surface area contributed by atoms with Gasteiger partial charge in [0.2, 0.25) is 11.8 Å². The van der Waals surface area contributed by atoms with Gasteiger partial charge >= 0.3 is 0 Å². The average Bonchev–Trinajstić information content (AvgIpc) is 2.92. The topological polar surface area (TPSA) is 86.8 Å². The maximum Gasteiger partial charge on any atom is 0.264 e. The summed E-state index contributed by atoms with van der Waals surface area (Å²) in [5, 5.41) is 3.31. The fraction of sp³-hybridized carbons (Fsp3) is 0.333. The molecule has 0 spiro atoms. The molecule has 0 saturated carbocycles. The molecular weight excluding hydrogens is 553 g/mol. The van der Waals surface area contributed by atoms with Crippen molar-refractivity contribution < 1.29 is 22.4 Å². The number of carbonyl (C=O) groups excluding carboxylic acids is 2. The highest BCUT2D eigenvalue weighted by Gasteiger charge is 2.34. The zero-order valence-electron chi connectivity index (χ0n) is 23.1. The Morgan fingerprint density at radius 3 is 2.17 bits per heavy atom. The Balaban J connectivity index is 2.05. The molecule has 214 valence electrons. The normalized spacial score (nSPS) is 12.2. The molecule has 0 fully saturated rings. The van der Waals surface area contributed by atoms with Crippen molar-refractivity contribution in [1.82, 2.24) is 10.2 Å². The number of amides is 2. The molecule has 3 rings (SSSR count). The predicted molar refractivity (Wildman–Crippen MR) is 156 cm³/mol. The molecule has 0 aliphatic carbocycles. The van der Waals surface area contributed by atoms with Gasteiger partial charge in [-0.3, -0.25) is 13.9 Å². The second kappa shape index (κ2) is 13.8. The summed E-state index contributed by atoms with van der Waals surface area (Å²) in [6.45, 7) is 7.44. The molecule has 0 radical (unpaired) electrons. The molecule has 0 aliphatic heterocycles. The average molecular weight is 588 g/mol. The predicted octanol–water partition coefficient (Wildman–Crippen LogP) is 5.56. The maximum absolute atomic E-state index is 14.0. The quantitative estimate of drug-likeness (QED) is 0.300. The van der Waals surface area contributed by atoms with E-state index in [9.17, 15) is 22.4 Å². The lowest BCUT2D eigenvalue weighted by Crippen LogP contribution is -2.52. The third kappa shape index (κ3) is 7.82. The Bertz CT molecular complexity index is 1410. The third-order valence-electron chi connectivity index (χ3n) is 6.37. The van der Waals surface area contributed by atoms with Crippen molar-refractivity contribution in [1.29, 1.82) is 0 Å². The third-order valence-corrected chi connectivity index (χ3v) is 8.53. The van der Waals surface area contributed by atoms with Crippen LogP contribution in [0.4, 0.5) is 10.1 Å². The van der Waals surface area contributed by atoms with Gasteiger partial charge in [0, 0.05) is 18.1 Å². The highest BCUT2D eigenvalue weighted by molar-refractivity contribution is 7.92. The van der Waals surface area contributed by atoms with E-state index in [0.717, 1.165) is 34.1 Å². The summed E-state index contributed by atoms with van der Waals surface area (Å²) in [7, 11) is -4.27. The van der Waals surface area contributed by atoms with Crippen LogP contribution in [0.5, 0.6) is 0 Å². The lowest BCUT2D eigenvalue weighted by Gasteiger charge is -2.33. The maximum atomic E-state index is 14.0. The zero-order chi connectivity index (χ0) is 29.4. The molecule has 0 unspecified atom stereocenters. The van der Waals surface area contributed by atoms with Gasteiger partial charge in [0.25, 0.3) is 10.0 Å². The molecule has 0 bridgehead atoms. The van der Waals surface area contributed by atoms with Crippen molar-refractivity contribution in [3.8, 4) is 0 Å². The number of aryl methyl sites for hydroxylation is 1. The van der Waals surface area contributed by atoms with E-state index in [4.69, 9.17) is 11.6 Å². The number of sulfonamides is 1. The monoisotopic (exact) mass is 587 g/mol. The van der Waals surface area contributed by atoms with Crippen LogP contribution in [0.3, 0.4) is 0 Å². The summed E-state index contributed by atoms with van der Waals surface area (Å²) in [6.07, 6.45) is 0.301. The fourth-order valence-corrected chi connectivity index (χ4v) is 5.74. The van der Waals surface area contributed by atoms with Crippen molar-refractivity contribution >= 4 is 39.1 Å². The lowest BCUT2D eigenvalue weighted by molar-refractivity contribution is -0.140. The minimum Gasteiger partial charge on any atom is -0.354 e. The number of carbonyl (C=O) groups is 2. The Labute approximate surface area is 241 Å². The van der Waals surface area contributed by atoms with Crippen LogP contribution in [0.25, 0.3) is 0 Å². The Morgan fingerprint density at radius 2 is 1.60 bits per heavy atom. The molecule has 7 nitrogen and oxygen atoms in total. The number of hydrogen-bond donors (Lipinski definition) is 1. The molecule has 0 aromatic heterocycles. The molecular formula is C30H35ClFN3O4S. The number of rotatable bonds is 12. The minimum absolute atomic E-state index is 0.00441. The van der Waals surface area contributed by atoms with Crippen molar-refractivity contribution in [2.75, 3.05) is 17.4 Å². The van der Waals surface area contributed by atoms with Crippen LogP contribution >= 0.6 is 11.6 Å². The van der Waals surface area contributed by atoms with Crippen molar-refractivity contribution in [3.63, 3.8) is 0 Å². The highest BCUT2D eigenvalue weighted by atomic mass is 35.5. The van der Waals surface area contributed by atoms with Gasteiger partial charge in [-0.25, -0.2) is 12.8 Å². The lowest BCUT2D eigenvalue weighted by atomic mass is 10.1. The van der Waals surface area contributed by atoms with E-state index in [1.54, 1.807) is 55.5 Å². The van der Waals surface area contributed by atoms with Crippen LogP contribution in [0.1, 0.15) is 38.3 Å². The Morgan fingerprint density at radius 1 is 0.975 bits per heavy atom. The molecule has 3 aromatic rings. The minimum atomic E-state index is -4.27. The van der Waals surface area contributed by atoms with Crippen LogP contribution in [-0.2, 0) is 26.2 Å².